The van der Waals surface area contributed by atoms with Gasteiger partial charge in [-0.05, 0) is 36.4 Å². The van der Waals surface area contributed by atoms with Crippen molar-refractivity contribution in [2.75, 3.05) is 7.11 Å². The molecule has 0 bridgehead atoms. The van der Waals surface area contributed by atoms with E-state index in [1.54, 1.807) is 24.3 Å². The van der Waals surface area contributed by atoms with Gasteiger partial charge in [-0.3, -0.25) is 9.59 Å². The molecule has 5 heteroatoms. The quantitative estimate of drug-likeness (QED) is 0.355. The molecule has 0 saturated carbocycles. The Morgan fingerprint density at radius 1 is 0.864 bits per heavy atom. The average molecular weight is 298 g/mol. The molecule has 0 aliphatic carbocycles. The number of para-hydroxylation sites is 1. The van der Waals surface area contributed by atoms with E-state index < -0.39 is 24.0 Å². The van der Waals surface area contributed by atoms with Gasteiger partial charge in [-0.2, -0.15) is 0 Å². The molecule has 0 unspecified atom stereocenters. The van der Waals surface area contributed by atoms with Crippen LogP contribution in [0.4, 0.5) is 0 Å². The van der Waals surface area contributed by atoms with Crippen molar-refractivity contribution in [1.82, 2.24) is 0 Å². The Labute approximate surface area is 127 Å². The molecular weight excluding hydrogens is 284 g/mol. The van der Waals surface area contributed by atoms with E-state index >= 15 is 0 Å². The van der Waals surface area contributed by atoms with Gasteiger partial charge in [0.2, 0.25) is 5.78 Å². The Morgan fingerprint density at radius 3 is 2.05 bits per heavy atom. The lowest BCUT2D eigenvalue weighted by Crippen LogP contribution is -2.19. The first-order chi connectivity index (χ1) is 10.6. The number of carbonyl (C=O) groups is 3. The van der Waals surface area contributed by atoms with E-state index in [1.807, 2.05) is 30.3 Å². The van der Waals surface area contributed by atoms with Gasteiger partial charge in [0.25, 0.3) is 0 Å². The minimum Gasteiger partial charge on any atom is -0.463 e. The van der Waals surface area contributed by atoms with Crippen molar-refractivity contribution in [2.45, 2.75) is 6.42 Å². The predicted octanol–water partition coefficient (Wildman–Crippen LogP) is 2.79. The van der Waals surface area contributed by atoms with Crippen molar-refractivity contribution >= 4 is 17.5 Å². The van der Waals surface area contributed by atoms with Gasteiger partial charge in [0.05, 0.1) is 13.5 Å². The molecule has 0 atom stereocenters. The van der Waals surface area contributed by atoms with Crippen LogP contribution in [0, 0.1) is 0 Å². The zero-order valence-electron chi connectivity index (χ0n) is 11.9. The monoisotopic (exact) mass is 298 g/mol. The second kappa shape index (κ2) is 7.17. The van der Waals surface area contributed by atoms with Crippen molar-refractivity contribution in [2.24, 2.45) is 0 Å². The SMILES string of the molecule is COC(=O)C(=O)CC(=O)c1ccc(Oc2ccccc2)cc1. The van der Waals surface area contributed by atoms with Crippen molar-refractivity contribution in [3.8, 4) is 11.5 Å². The number of ketones is 2. The average Bonchev–Trinajstić information content (AvgIpc) is 2.55. The molecule has 22 heavy (non-hydrogen) atoms. The van der Waals surface area contributed by atoms with Crippen LogP contribution < -0.4 is 4.74 Å². The summed E-state index contributed by atoms with van der Waals surface area (Å²) in [6.45, 7) is 0. The van der Waals surface area contributed by atoms with Crippen molar-refractivity contribution < 1.29 is 23.9 Å². The summed E-state index contributed by atoms with van der Waals surface area (Å²) in [6.07, 6.45) is -0.508. The highest BCUT2D eigenvalue weighted by Gasteiger charge is 2.19. The Hall–Kier alpha value is -2.95. The van der Waals surface area contributed by atoms with Crippen molar-refractivity contribution in [1.29, 1.82) is 0 Å². The lowest BCUT2D eigenvalue weighted by molar-refractivity contribution is -0.151. The Bertz CT molecular complexity index is 674. The van der Waals surface area contributed by atoms with Crippen LogP contribution in [0.15, 0.2) is 54.6 Å². The third-order valence-electron chi connectivity index (χ3n) is 2.89. The molecule has 5 nitrogen and oxygen atoms in total. The van der Waals surface area contributed by atoms with E-state index in [4.69, 9.17) is 4.74 Å². The summed E-state index contributed by atoms with van der Waals surface area (Å²) in [6, 6.07) is 15.6. The molecule has 0 aliphatic heterocycles. The molecular formula is C17H14O5. The molecule has 0 spiro atoms. The maximum atomic E-state index is 11.9. The summed E-state index contributed by atoms with van der Waals surface area (Å²) in [5, 5.41) is 0. The van der Waals surface area contributed by atoms with Crippen LogP contribution in [-0.2, 0) is 14.3 Å². The maximum absolute atomic E-state index is 11.9. The normalized spacial score (nSPS) is 9.86. The third kappa shape index (κ3) is 4.02. The molecule has 0 aromatic heterocycles. The maximum Gasteiger partial charge on any atom is 0.374 e. The lowest BCUT2D eigenvalue weighted by atomic mass is 10.1. The number of methoxy groups -OCH3 is 1. The molecule has 0 heterocycles. The number of carbonyl (C=O) groups excluding carboxylic acids is 3. The van der Waals surface area contributed by atoms with Gasteiger partial charge < -0.3 is 9.47 Å². The highest BCUT2D eigenvalue weighted by Crippen LogP contribution is 2.21. The topological polar surface area (TPSA) is 69.7 Å². The zero-order valence-corrected chi connectivity index (χ0v) is 11.9. The van der Waals surface area contributed by atoms with Crippen molar-refractivity contribution in [3.63, 3.8) is 0 Å². The van der Waals surface area contributed by atoms with E-state index in [1.165, 1.54) is 0 Å². The second-order valence-electron chi connectivity index (χ2n) is 4.45. The lowest BCUT2D eigenvalue weighted by Gasteiger charge is -2.06. The van der Waals surface area contributed by atoms with Crippen molar-refractivity contribution in [3.05, 3.63) is 60.2 Å². The Balaban J connectivity index is 2.01. The number of Topliss-reactive ketones (excluding diaryl/α,β-unsaturated/α-hetero) is 2. The predicted molar refractivity (Wildman–Crippen MR) is 78.9 cm³/mol. The van der Waals surface area contributed by atoms with E-state index in [-0.39, 0.29) is 0 Å². The summed E-state index contributed by atoms with van der Waals surface area (Å²) >= 11 is 0. The van der Waals surface area contributed by atoms with Gasteiger partial charge in [-0.25, -0.2) is 4.79 Å². The fourth-order valence-corrected chi connectivity index (χ4v) is 1.77. The van der Waals surface area contributed by atoms with Crippen LogP contribution in [0.2, 0.25) is 0 Å². The molecule has 0 N–H and O–H groups in total. The van der Waals surface area contributed by atoms with Crippen LogP contribution in [0.3, 0.4) is 0 Å². The van der Waals surface area contributed by atoms with Crippen LogP contribution in [-0.4, -0.2) is 24.6 Å². The zero-order chi connectivity index (χ0) is 15.9. The molecule has 0 radical (unpaired) electrons. The molecule has 112 valence electrons. The number of hydrogen-bond donors (Lipinski definition) is 0. The summed E-state index contributed by atoms with van der Waals surface area (Å²) in [7, 11) is 1.10. The van der Waals surface area contributed by atoms with E-state index in [2.05, 4.69) is 4.74 Å². The second-order valence-corrected chi connectivity index (χ2v) is 4.45. The Kier molecular flexibility index (Phi) is 5.03. The molecule has 2 aromatic carbocycles. The van der Waals surface area contributed by atoms with Crippen LogP contribution in [0.25, 0.3) is 0 Å². The summed E-state index contributed by atoms with van der Waals surface area (Å²) in [5.74, 6) is -1.07. The van der Waals surface area contributed by atoms with Gasteiger partial charge in [0.1, 0.15) is 11.5 Å². The molecule has 2 rings (SSSR count). The van der Waals surface area contributed by atoms with Gasteiger partial charge >= 0.3 is 5.97 Å². The number of esters is 1. The fraction of sp³-hybridized carbons (Fsp3) is 0.118. The number of rotatable bonds is 6. The smallest absolute Gasteiger partial charge is 0.374 e. The summed E-state index contributed by atoms with van der Waals surface area (Å²) in [4.78, 5) is 34.2. The third-order valence-corrected chi connectivity index (χ3v) is 2.89. The first kappa shape index (κ1) is 15.4. The highest BCUT2D eigenvalue weighted by molar-refractivity contribution is 6.38. The standard InChI is InChI=1S/C17H14O5/c1-21-17(20)16(19)11-15(18)12-7-9-14(10-8-12)22-13-5-3-2-4-6-13/h2-10H,11H2,1H3. The molecule has 0 aliphatic rings. The van der Waals surface area contributed by atoms with E-state index in [9.17, 15) is 14.4 Å². The first-order valence-electron chi connectivity index (χ1n) is 6.57. The largest absolute Gasteiger partial charge is 0.463 e. The van der Waals surface area contributed by atoms with E-state index in [0.717, 1.165) is 7.11 Å². The van der Waals surface area contributed by atoms with Gasteiger partial charge in [0, 0.05) is 5.56 Å². The van der Waals surface area contributed by atoms with Gasteiger partial charge in [-0.1, -0.05) is 18.2 Å². The van der Waals surface area contributed by atoms with Crippen LogP contribution in [0.5, 0.6) is 11.5 Å². The van der Waals surface area contributed by atoms with Gasteiger partial charge in [0.15, 0.2) is 5.78 Å². The van der Waals surface area contributed by atoms with E-state index in [0.29, 0.717) is 17.1 Å². The van der Waals surface area contributed by atoms with Crippen LogP contribution >= 0.6 is 0 Å². The molecule has 0 saturated heterocycles. The number of benzene rings is 2. The number of hydrogen-bond acceptors (Lipinski definition) is 5. The minimum absolute atomic E-state index is 0.331. The first-order valence-corrected chi connectivity index (χ1v) is 6.57. The summed E-state index contributed by atoms with van der Waals surface area (Å²) < 4.78 is 9.87. The van der Waals surface area contributed by atoms with Crippen LogP contribution in [0.1, 0.15) is 16.8 Å². The summed E-state index contributed by atoms with van der Waals surface area (Å²) in [5.41, 5.74) is 0.331. The van der Waals surface area contributed by atoms with Gasteiger partial charge in [-0.15, -0.1) is 0 Å². The Morgan fingerprint density at radius 2 is 1.45 bits per heavy atom. The minimum atomic E-state index is -1.02. The molecule has 0 amide bonds. The number of ether oxygens (including phenoxy) is 2. The molecule has 0 fully saturated rings. The molecule has 2 aromatic rings. The highest BCUT2D eigenvalue weighted by atomic mass is 16.5. The fourth-order valence-electron chi connectivity index (χ4n) is 1.77.